The van der Waals surface area contributed by atoms with Gasteiger partial charge in [0.25, 0.3) is 0 Å². The van der Waals surface area contributed by atoms with E-state index in [0.29, 0.717) is 46.9 Å². The van der Waals surface area contributed by atoms with Crippen LogP contribution in [0.15, 0.2) is 72.0 Å². The van der Waals surface area contributed by atoms with Crippen LogP contribution < -0.4 is 0 Å². The van der Waals surface area contributed by atoms with Crippen molar-refractivity contribution < 1.29 is 17.4 Å². The Morgan fingerprint density at radius 3 is 2.49 bits per heavy atom. The predicted molar refractivity (Wildman–Crippen MR) is 132 cm³/mol. The minimum absolute atomic E-state index is 0.124. The van der Waals surface area contributed by atoms with Gasteiger partial charge in [-0.25, -0.2) is 17.8 Å². The molecule has 0 amide bonds. The number of rotatable bonds is 6. The molecule has 1 unspecified atom stereocenters. The van der Waals surface area contributed by atoms with Gasteiger partial charge >= 0.3 is 5.16 Å². The van der Waals surface area contributed by atoms with Gasteiger partial charge in [-0.15, -0.1) is 0 Å². The molecule has 2 aromatic heterocycles. The van der Waals surface area contributed by atoms with Crippen LogP contribution in [0, 0.1) is 5.82 Å². The molecular formula is C25H23FN4O3S2. The van der Waals surface area contributed by atoms with Gasteiger partial charge in [0.05, 0.1) is 22.8 Å². The van der Waals surface area contributed by atoms with Gasteiger partial charge in [-0.3, -0.25) is 0 Å². The molecule has 1 aliphatic heterocycles. The molecule has 0 saturated heterocycles. The van der Waals surface area contributed by atoms with E-state index in [0.717, 1.165) is 0 Å². The number of hydrogen-bond donors (Lipinski definition) is 0. The largest absolute Gasteiger partial charge is 0.609 e. The van der Waals surface area contributed by atoms with Gasteiger partial charge in [-0.2, -0.15) is 9.97 Å². The molecule has 0 spiro atoms. The summed E-state index contributed by atoms with van der Waals surface area (Å²) >= 11 is -1.44. The van der Waals surface area contributed by atoms with Crippen LogP contribution in [0.25, 0.3) is 22.6 Å². The number of nitrogens with zero attached hydrogens (tertiary/aromatic N) is 4. The smallest absolute Gasteiger partial charge is 0.343 e. The van der Waals surface area contributed by atoms with Crippen molar-refractivity contribution in [2.45, 2.75) is 35.5 Å². The lowest BCUT2D eigenvalue weighted by molar-refractivity contribution is 0.453. The van der Waals surface area contributed by atoms with Gasteiger partial charge < -0.3 is 9.12 Å². The van der Waals surface area contributed by atoms with Gasteiger partial charge in [0.1, 0.15) is 22.8 Å². The van der Waals surface area contributed by atoms with Crippen molar-refractivity contribution in [3.05, 3.63) is 84.1 Å². The molecule has 4 aromatic rings. The van der Waals surface area contributed by atoms with Crippen molar-refractivity contribution >= 4 is 21.0 Å². The molecular weight excluding hydrogens is 487 g/mol. The third-order valence-corrected chi connectivity index (χ3v) is 9.50. The Bertz CT molecular complexity index is 1490. The molecule has 3 heterocycles. The lowest BCUT2D eigenvalue weighted by Crippen LogP contribution is -2.37. The molecule has 10 heteroatoms. The molecule has 0 radical (unpaired) electrons. The zero-order valence-corrected chi connectivity index (χ0v) is 20.8. The second-order valence-electron chi connectivity index (χ2n) is 8.67. The van der Waals surface area contributed by atoms with E-state index in [2.05, 4.69) is 9.97 Å². The van der Waals surface area contributed by atoms with E-state index in [1.54, 1.807) is 41.8 Å². The Labute approximate surface area is 206 Å². The number of halogens is 1. The number of sulfone groups is 1. The van der Waals surface area contributed by atoms with E-state index in [1.807, 2.05) is 18.2 Å². The topological polar surface area (TPSA) is 101 Å². The maximum Gasteiger partial charge on any atom is 0.343 e. The summed E-state index contributed by atoms with van der Waals surface area (Å²) in [6.45, 7) is 1.71. The molecule has 0 fully saturated rings. The minimum Gasteiger partial charge on any atom is -0.609 e. The van der Waals surface area contributed by atoms with E-state index < -0.39 is 25.9 Å². The van der Waals surface area contributed by atoms with Gasteiger partial charge in [-0.05, 0) is 49.2 Å². The van der Waals surface area contributed by atoms with Crippen molar-refractivity contribution in [3.8, 4) is 22.6 Å². The average Bonchev–Trinajstić information content (AvgIpc) is 3.39. The maximum atomic E-state index is 13.9. The number of aryl methyl sites for hydroxylation is 1. The summed E-state index contributed by atoms with van der Waals surface area (Å²) < 4.78 is 55.2. The number of aromatic nitrogens is 4. The van der Waals surface area contributed by atoms with Gasteiger partial charge in [-0.1, -0.05) is 30.3 Å². The quantitative estimate of drug-likeness (QED) is 0.286. The minimum atomic E-state index is -3.70. The Balaban J connectivity index is 1.73. The number of hydrogen-bond acceptors (Lipinski definition) is 6. The van der Waals surface area contributed by atoms with Crippen molar-refractivity contribution in [1.82, 2.24) is 19.5 Å². The molecule has 1 aliphatic rings. The van der Waals surface area contributed by atoms with E-state index in [-0.39, 0.29) is 16.7 Å². The molecule has 0 saturated carbocycles. The van der Waals surface area contributed by atoms with Crippen LogP contribution in [-0.2, 0) is 38.1 Å². The van der Waals surface area contributed by atoms with Crippen LogP contribution in [0.2, 0.25) is 0 Å². The number of fused-ring (bicyclic) bond motifs is 1. The third kappa shape index (κ3) is 4.15. The lowest BCUT2D eigenvalue weighted by Gasteiger charge is -2.29. The van der Waals surface area contributed by atoms with Crippen molar-refractivity contribution in [3.63, 3.8) is 0 Å². The van der Waals surface area contributed by atoms with Gasteiger partial charge in [0, 0.05) is 29.4 Å². The molecule has 5 rings (SSSR count). The standard InChI is InChI=1S/C25H23FN4O3S2/c1-25(35(32,33)16-17-6-4-3-5-7-17)14-12-21-29-22(18-8-10-19(26)11-9-18)23(30(21)25)20-13-15-27-24(28-20)34(2)31/h3-11,13,15H,12,14,16H2,1-2H3/t25-,34?/m0/s1. The third-order valence-electron chi connectivity index (χ3n) is 6.35. The van der Waals surface area contributed by atoms with E-state index in [9.17, 15) is 17.4 Å². The zero-order chi connectivity index (χ0) is 24.8. The molecule has 0 N–H and O–H groups in total. The van der Waals surface area contributed by atoms with E-state index >= 15 is 0 Å². The summed E-state index contributed by atoms with van der Waals surface area (Å²) in [5, 5.41) is 0.134. The van der Waals surface area contributed by atoms with Crippen LogP contribution in [0.1, 0.15) is 24.7 Å². The monoisotopic (exact) mass is 510 g/mol. The van der Waals surface area contributed by atoms with Crippen molar-refractivity contribution in [2.24, 2.45) is 0 Å². The summed E-state index contributed by atoms with van der Waals surface area (Å²) in [7, 11) is -3.70. The number of benzene rings is 2. The van der Waals surface area contributed by atoms with Crippen LogP contribution >= 0.6 is 0 Å². The highest BCUT2D eigenvalue weighted by Crippen LogP contribution is 2.45. The summed E-state index contributed by atoms with van der Waals surface area (Å²) in [5.41, 5.74) is 2.72. The second kappa shape index (κ2) is 8.85. The fraction of sp³-hybridized carbons (Fsp3) is 0.240. The Hall–Kier alpha value is -3.08. The Kier molecular flexibility index (Phi) is 5.98. The van der Waals surface area contributed by atoms with Crippen LogP contribution in [0.4, 0.5) is 4.39 Å². The van der Waals surface area contributed by atoms with E-state index in [4.69, 9.17) is 4.98 Å². The number of imidazole rings is 1. The van der Waals surface area contributed by atoms with Crippen molar-refractivity contribution in [2.75, 3.05) is 6.26 Å². The summed E-state index contributed by atoms with van der Waals surface area (Å²) in [5.74, 6) is 0.0978. The average molecular weight is 511 g/mol. The SMILES string of the molecule is C[S+]([O-])c1nccc(-c2c(-c3ccc(F)cc3)nc3n2[C@@](C)(S(=O)(=O)Cc2ccccc2)CC3)n1. The molecule has 35 heavy (non-hydrogen) atoms. The first-order valence-electron chi connectivity index (χ1n) is 11.0. The van der Waals surface area contributed by atoms with Crippen LogP contribution in [0.3, 0.4) is 0 Å². The maximum absolute atomic E-state index is 13.9. The summed E-state index contributed by atoms with van der Waals surface area (Å²) in [4.78, 5) is 12.1. The first-order valence-corrected chi connectivity index (χ1v) is 14.2. The first-order chi connectivity index (χ1) is 16.7. The highest BCUT2D eigenvalue weighted by molar-refractivity contribution is 7.91. The molecule has 2 atom stereocenters. The molecule has 2 aromatic carbocycles. The van der Waals surface area contributed by atoms with Crippen LogP contribution in [-0.4, -0.2) is 38.7 Å². The Morgan fingerprint density at radius 1 is 1.09 bits per heavy atom. The summed E-state index contributed by atoms with van der Waals surface area (Å²) in [6, 6.07) is 16.6. The van der Waals surface area contributed by atoms with Crippen LogP contribution in [0.5, 0.6) is 0 Å². The normalized spacial score (nSPS) is 18.4. The highest BCUT2D eigenvalue weighted by atomic mass is 32.2. The fourth-order valence-electron chi connectivity index (χ4n) is 4.50. The van der Waals surface area contributed by atoms with E-state index in [1.165, 1.54) is 24.6 Å². The first kappa shape index (κ1) is 23.7. The zero-order valence-electron chi connectivity index (χ0n) is 19.2. The molecule has 0 bridgehead atoms. The van der Waals surface area contributed by atoms with Gasteiger partial charge in [0.15, 0.2) is 9.84 Å². The summed E-state index contributed by atoms with van der Waals surface area (Å²) in [6.07, 6.45) is 3.79. The Morgan fingerprint density at radius 2 is 1.80 bits per heavy atom. The fourth-order valence-corrected chi connectivity index (χ4v) is 6.77. The highest BCUT2D eigenvalue weighted by Gasteiger charge is 2.48. The molecule has 7 nitrogen and oxygen atoms in total. The predicted octanol–water partition coefficient (Wildman–Crippen LogP) is 4.12. The molecule has 0 aliphatic carbocycles. The lowest BCUT2D eigenvalue weighted by atomic mass is 10.1. The molecule has 180 valence electrons. The second-order valence-corrected chi connectivity index (χ2v) is 12.3. The van der Waals surface area contributed by atoms with Gasteiger partial charge in [0.2, 0.25) is 0 Å². The van der Waals surface area contributed by atoms with Crippen molar-refractivity contribution in [1.29, 1.82) is 0 Å².